The van der Waals surface area contributed by atoms with E-state index in [2.05, 4.69) is 36.9 Å². The minimum Gasteiger partial charge on any atom is -0.456 e. The number of esters is 1. The van der Waals surface area contributed by atoms with Crippen LogP contribution in [0.2, 0.25) is 0 Å². The molecular weight excluding hydrogens is 580 g/mol. The standard InChI is InChI=1S/C40H33F2NO3/c1-39(2)22-43(34-16-12-25(18-31(34)39)23-8-4-3-5-9-23)26-14-15-29-36(19-26)45-35-17-13-24-10-6-7-11-27(24)37(35)40(29)30-21-33(42)32(41)20-28(30)38(44)46-40/h6-7,10-21,23H,3-5,8-9,22H2,1-2H3. The molecule has 4 nitrogen and oxygen atoms in total. The van der Waals surface area contributed by atoms with Gasteiger partial charge in [-0.3, -0.25) is 0 Å². The van der Waals surface area contributed by atoms with Crippen molar-refractivity contribution in [2.24, 2.45) is 0 Å². The lowest BCUT2D eigenvalue weighted by Gasteiger charge is -2.38. The van der Waals surface area contributed by atoms with E-state index in [0.29, 0.717) is 28.5 Å². The first-order valence-corrected chi connectivity index (χ1v) is 16.2. The van der Waals surface area contributed by atoms with Crippen LogP contribution in [-0.4, -0.2) is 12.5 Å². The summed E-state index contributed by atoms with van der Waals surface area (Å²) >= 11 is 0. The van der Waals surface area contributed by atoms with E-state index in [1.165, 1.54) is 48.9 Å². The molecule has 0 N–H and O–H groups in total. The van der Waals surface area contributed by atoms with Gasteiger partial charge in [0.25, 0.3) is 0 Å². The van der Waals surface area contributed by atoms with Gasteiger partial charge < -0.3 is 14.4 Å². The molecule has 1 unspecified atom stereocenters. The molecule has 3 heterocycles. The second-order valence-corrected chi connectivity index (χ2v) is 13.9. The van der Waals surface area contributed by atoms with Gasteiger partial charge in [-0.1, -0.05) is 75.6 Å². The topological polar surface area (TPSA) is 38.8 Å². The number of ether oxygens (including phenoxy) is 2. The largest absolute Gasteiger partial charge is 0.456 e. The Labute approximate surface area is 266 Å². The summed E-state index contributed by atoms with van der Waals surface area (Å²) in [7, 11) is 0. The van der Waals surface area contributed by atoms with Crippen LogP contribution in [-0.2, 0) is 15.8 Å². The third-order valence-corrected chi connectivity index (χ3v) is 10.7. The van der Waals surface area contributed by atoms with Crippen LogP contribution >= 0.6 is 0 Å². The van der Waals surface area contributed by atoms with Crippen LogP contribution in [0.4, 0.5) is 20.2 Å². The molecule has 46 heavy (non-hydrogen) atoms. The first kappa shape index (κ1) is 27.6. The molecule has 1 saturated carbocycles. The van der Waals surface area contributed by atoms with Crippen LogP contribution in [0.5, 0.6) is 11.5 Å². The lowest BCUT2D eigenvalue weighted by molar-refractivity contribution is 0.0229. The van der Waals surface area contributed by atoms with Crippen molar-refractivity contribution in [2.45, 2.75) is 62.9 Å². The maximum Gasteiger partial charge on any atom is 0.340 e. The number of nitrogens with zero attached hydrogens (tertiary/aromatic N) is 1. The summed E-state index contributed by atoms with van der Waals surface area (Å²) in [5.74, 6) is -1.18. The Bertz CT molecular complexity index is 2110. The lowest BCUT2D eigenvalue weighted by Crippen LogP contribution is -2.33. The number of fused-ring (bicyclic) bond motifs is 9. The van der Waals surface area contributed by atoms with Gasteiger partial charge >= 0.3 is 5.97 Å². The van der Waals surface area contributed by atoms with Crippen molar-refractivity contribution in [1.82, 2.24) is 0 Å². The quantitative estimate of drug-likeness (QED) is 0.186. The molecule has 1 atom stereocenters. The predicted molar refractivity (Wildman–Crippen MR) is 174 cm³/mol. The number of benzene rings is 5. The zero-order valence-electron chi connectivity index (χ0n) is 25.8. The number of anilines is 2. The number of halogens is 2. The highest BCUT2D eigenvalue weighted by atomic mass is 19.2. The van der Waals surface area contributed by atoms with Gasteiger partial charge in [0.05, 0.1) is 11.1 Å². The van der Waals surface area contributed by atoms with Crippen LogP contribution in [0.1, 0.15) is 90.0 Å². The minimum absolute atomic E-state index is 0.0127. The monoisotopic (exact) mass is 613 g/mol. The molecule has 9 rings (SSSR count). The van der Waals surface area contributed by atoms with Crippen LogP contribution in [0.25, 0.3) is 10.8 Å². The van der Waals surface area contributed by atoms with Crippen molar-refractivity contribution in [2.75, 3.05) is 11.4 Å². The first-order valence-electron chi connectivity index (χ1n) is 16.2. The van der Waals surface area contributed by atoms with Crippen molar-refractivity contribution < 1.29 is 23.0 Å². The first-order chi connectivity index (χ1) is 22.2. The van der Waals surface area contributed by atoms with E-state index in [0.717, 1.165) is 35.1 Å². The van der Waals surface area contributed by atoms with Crippen molar-refractivity contribution in [3.63, 3.8) is 0 Å². The van der Waals surface area contributed by atoms with Crippen LogP contribution in [0.3, 0.4) is 0 Å². The van der Waals surface area contributed by atoms with Gasteiger partial charge in [-0.15, -0.1) is 0 Å². The summed E-state index contributed by atoms with van der Waals surface area (Å²) in [5, 5.41) is 1.73. The molecule has 0 aromatic heterocycles. The van der Waals surface area contributed by atoms with Gasteiger partial charge in [0.15, 0.2) is 17.2 Å². The second-order valence-electron chi connectivity index (χ2n) is 13.9. The van der Waals surface area contributed by atoms with E-state index >= 15 is 0 Å². The summed E-state index contributed by atoms with van der Waals surface area (Å²) in [5.41, 5.74) is 4.80. The molecule has 6 heteroatoms. The van der Waals surface area contributed by atoms with Crippen LogP contribution < -0.4 is 9.64 Å². The maximum absolute atomic E-state index is 15.0. The summed E-state index contributed by atoms with van der Waals surface area (Å²) in [6, 6.07) is 26.5. The molecule has 230 valence electrons. The van der Waals surface area contributed by atoms with E-state index in [9.17, 15) is 13.6 Å². The molecular formula is C40H33F2NO3. The lowest BCUT2D eigenvalue weighted by atomic mass is 9.75. The predicted octanol–water partition coefficient (Wildman–Crippen LogP) is 10.2. The number of carbonyl (C=O) groups excluding carboxylic acids is 1. The van der Waals surface area contributed by atoms with Crippen LogP contribution in [0.15, 0.2) is 84.9 Å². The molecule has 3 aliphatic heterocycles. The molecule has 1 fully saturated rings. The number of rotatable bonds is 2. The van der Waals surface area contributed by atoms with E-state index < -0.39 is 23.2 Å². The normalized spacial score (nSPS) is 21.0. The molecule has 1 spiro atoms. The van der Waals surface area contributed by atoms with Crippen LogP contribution in [0, 0.1) is 11.6 Å². The Morgan fingerprint density at radius 3 is 2.43 bits per heavy atom. The molecule has 4 aliphatic rings. The summed E-state index contributed by atoms with van der Waals surface area (Å²) in [4.78, 5) is 15.8. The van der Waals surface area contributed by atoms with E-state index in [-0.39, 0.29) is 16.5 Å². The summed E-state index contributed by atoms with van der Waals surface area (Å²) in [6.07, 6.45) is 6.45. The average molecular weight is 614 g/mol. The zero-order chi connectivity index (χ0) is 31.4. The van der Waals surface area contributed by atoms with E-state index in [1.807, 2.05) is 54.6 Å². The minimum atomic E-state index is -1.51. The van der Waals surface area contributed by atoms with Gasteiger partial charge in [-0.05, 0) is 77.1 Å². The Kier molecular flexibility index (Phi) is 5.79. The molecule has 0 radical (unpaired) electrons. The maximum atomic E-state index is 15.0. The van der Waals surface area contributed by atoms with Gasteiger partial charge in [-0.2, -0.15) is 0 Å². The zero-order valence-corrected chi connectivity index (χ0v) is 25.8. The third-order valence-electron chi connectivity index (χ3n) is 10.7. The fourth-order valence-electron chi connectivity index (χ4n) is 8.47. The van der Waals surface area contributed by atoms with Gasteiger partial charge in [0.1, 0.15) is 11.5 Å². The van der Waals surface area contributed by atoms with E-state index in [4.69, 9.17) is 9.47 Å². The Hall–Kier alpha value is -4.71. The van der Waals surface area contributed by atoms with Crippen molar-refractivity contribution in [3.8, 4) is 11.5 Å². The van der Waals surface area contributed by atoms with Gasteiger partial charge in [0, 0.05) is 40.5 Å². The fraction of sp³-hybridized carbons (Fsp3) is 0.275. The Morgan fingerprint density at radius 1 is 0.783 bits per heavy atom. The molecule has 5 aromatic carbocycles. The number of hydrogen-bond acceptors (Lipinski definition) is 4. The second kappa shape index (κ2) is 9.65. The van der Waals surface area contributed by atoms with E-state index in [1.54, 1.807) is 0 Å². The van der Waals surface area contributed by atoms with Crippen molar-refractivity contribution in [1.29, 1.82) is 0 Å². The molecule has 0 bridgehead atoms. The number of carbonyl (C=O) groups is 1. The summed E-state index contributed by atoms with van der Waals surface area (Å²) in [6.45, 7) is 5.39. The molecule has 0 saturated heterocycles. The van der Waals surface area contributed by atoms with Crippen molar-refractivity contribution in [3.05, 3.63) is 130 Å². The number of hydrogen-bond donors (Lipinski definition) is 0. The SMILES string of the molecule is CC1(C)CN(c2ccc3c(c2)Oc2ccc4ccccc4c2C32OC(=O)c3cc(F)c(F)cc32)c2ccc(C3CCCCC3)cc21. The highest BCUT2D eigenvalue weighted by molar-refractivity contribution is 6.00. The molecule has 5 aromatic rings. The molecule has 0 amide bonds. The third kappa shape index (κ3) is 3.79. The van der Waals surface area contributed by atoms with Gasteiger partial charge in [-0.25, -0.2) is 13.6 Å². The van der Waals surface area contributed by atoms with Crippen molar-refractivity contribution >= 4 is 28.1 Å². The summed E-state index contributed by atoms with van der Waals surface area (Å²) < 4.78 is 42.3. The fourth-order valence-corrected chi connectivity index (χ4v) is 8.47. The Balaban J connectivity index is 1.21. The van der Waals surface area contributed by atoms with Gasteiger partial charge in [0.2, 0.25) is 0 Å². The Morgan fingerprint density at radius 2 is 1.59 bits per heavy atom. The molecule has 1 aliphatic carbocycles. The smallest absolute Gasteiger partial charge is 0.340 e. The highest BCUT2D eigenvalue weighted by Gasteiger charge is 2.55. The average Bonchev–Trinajstić information content (AvgIpc) is 3.50. The highest BCUT2D eigenvalue weighted by Crippen LogP contribution is 2.59.